The molecule has 1 heterocycles. The summed E-state index contributed by atoms with van der Waals surface area (Å²) in [7, 11) is 0. The highest BCUT2D eigenvalue weighted by Gasteiger charge is 2.09. The summed E-state index contributed by atoms with van der Waals surface area (Å²) in [6, 6.07) is 6.09. The maximum atomic E-state index is 13.1. The third kappa shape index (κ3) is 2.85. The molecular weight excluding hydrogens is 239 g/mol. The summed E-state index contributed by atoms with van der Waals surface area (Å²) in [6.45, 7) is 0.0389. The van der Waals surface area contributed by atoms with Gasteiger partial charge in [0.05, 0.1) is 18.5 Å². The second-order valence-corrected chi connectivity index (χ2v) is 3.64. The lowest BCUT2D eigenvalue weighted by molar-refractivity contribution is 0.0927. The summed E-state index contributed by atoms with van der Waals surface area (Å²) in [5.41, 5.74) is 2.11. The molecule has 2 N–H and O–H groups in total. The van der Waals surface area contributed by atoms with Crippen molar-refractivity contribution in [1.82, 2.24) is 10.2 Å². The smallest absolute Gasteiger partial charge is 0.450 e. The van der Waals surface area contributed by atoms with Gasteiger partial charge in [0.15, 0.2) is 0 Å². The summed E-state index contributed by atoms with van der Waals surface area (Å²) in [4.78, 5) is 10.2. The lowest BCUT2D eigenvalue weighted by atomic mass is 10.1. The van der Waals surface area contributed by atoms with Gasteiger partial charge >= 0.3 is 6.16 Å². The highest BCUT2D eigenvalue weighted by molar-refractivity contribution is 5.62. The van der Waals surface area contributed by atoms with Crippen LogP contribution in [0.15, 0.2) is 30.5 Å². The average Bonchev–Trinajstić information content (AvgIpc) is 2.77. The van der Waals surface area contributed by atoms with E-state index in [-0.39, 0.29) is 12.4 Å². The van der Waals surface area contributed by atoms with E-state index in [4.69, 9.17) is 5.11 Å². The van der Waals surface area contributed by atoms with Crippen LogP contribution in [-0.2, 0) is 11.2 Å². The number of aromatic nitrogens is 2. The Bertz CT molecular complexity index is 554. The quantitative estimate of drug-likeness (QED) is 0.817. The number of ether oxygens (including phenoxy) is 1. The first-order valence-electron chi connectivity index (χ1n) is 5.30. The summed E-state index contributed by atoms with van der Waals surface area (Å²) in [5, 5.41) is 15.0. The van der Waals surface area contributed by atoms with Crippen LogP contribution in [0.5, 0.6) is 0 Å². The second-order valence-electron chi connectivity index (χ2n) is 3.64. The van der Waals surface area contributed by atoms with Gasteiger partial charge in [-0.2, -0.15) is 5.10 Å². The van der Waals surface area contributed by atoms with Crippen LogP contribution in [-0.4, -0.2) is 28.1 Å². The predicted molar refractivity (Wildman–Crippen MR) is 61.7 cm³/mol. The Morgan fingerprint density at radius 3 is 3.06 bits per heavy atom. The molecule has 18 heavy (non-hydrogen) atoms. The van der Waals surface area contributed by atoms with Gasteiger partial charge in [0.25, 0.3) is 0 Å². The van der Waals surface area contributed by atoms with E-state index in [2.05, 4.69) is 14.9 Å². The number of hydrogen-bond donors (Lipinski definition) is 2. The number of H-pyrrole nitrogens is 1. The van der Waals surface area contributed by atoms with Crippen LogP contribution in [0, 0.1) is 5.82 Å². The van der Waals surface area contributed by atoms with Crippen molar-refractivity contribution in [2.24, 2.45) is 0 Å². The van der Waals surface area contributed by atoms with Crippen LogP contribution < -0.4 is 0 Å². The first-order chi connectivity index (χ1) is 8.66. The Balaban J connectivity index is 2.15. The molecule has 0 bridgehead atoms. The molecule has 0 aliphatic rings. The molecular formula is C12H11FN2O3. The zero-order chi connectivity index (χ0) is 13.0. The van der Waals surface area contributed by atoms with Crippen molar-refractivity contribution in [2.75, 3.05) is 6.61 Å². The van der Waals surface area contributed by atoms with E-state index in [0.29, 0.717) is 17.7 Å². The lowest BCUT2D eigenvalue weighted by Crippen LogP contribution is -2.04. The van der Waals surface area contributed by atoms with Crippen molar-refractivity contribution < 1.29 is 19.0 Å². The number of carboxylic acid groups (broad SMARTS) is 1. The zero-order valence-corrected chi connectivity index (χ0v) is 9.39. The number of aromatic amines is 1. The summed E-state index contributed by atoms with van der Waals surface area (Å²) < 4.78 is 17.5. The predicted octanol–water partition coefficient (Wildman–Crippen LogP) is 2.45. The number of carbonyl (C=O) groups is 1. The molecule has 0 unspecified atom stereocenters. The van der Waals surface area contributed by atoms with Gasteiger partial charge in [-0.05, 0) is 12.1 Å². The van der Waals surface area contributed by atoms with Crippen LogP contribution >= 0.6 is 0 Å². The Kier molecular flexibility index (Phi) is 3.57. The average molecular weight is 250 g/mol. The molecule has 0 aliphatic carbocycles. The van der Waals surface area contributed by atoms with Gasteiger partial charge in [-0.3, -0.25) is 5.10 Å². The van der Waals surface area contributed by atoms with Gasteiger partial charge in [0, 0.05) is 17.5 Å². The first kappa shape index (κ1) is 12.1. The Hall–Kier alpha value is -2.37. The van der Waals surface area contributed by atoms with Crippen LogP contribution in [0.3, 0.4) is 0 Å². The monoisotopic (exact) mass is 250 g/mol. The third-order valence-corrected chi connectivity index (χ3v) is 2.43. The molecule has 0 aliphatic heterocycles. The third-order valence-electron chi connectivity index (χ3n) is 2.43. The molecule has 0 radical (unpaired) electrons. The van der Waals surface area contributed by atoms with Crippen LogP contribution in [0.1, 0.15) is 5.56 Å². The van der Waals surface area contributed by atoms with Crippen molar-refractivity contribution in [3.8, 4) is 11.3 Å². The van der Waals surface area contributed by atoms with Crippen molar-refractivity contribution in [1.29, 1.82) is 0 Å². The molecule has 2 rings (SSSR count). The molecule has 5 nitrogen and oxygen atoms in total. The minimum absolute atomic E-state index is 0.0389. The van der Waals surface area contributed by atoms with E-state index in [9.17, 15) is 9.18 Å². The molecule has 0 fully saturated rings. The standard InChI is InChI=1S/C12H11FN2O3/c13-10-3-1-2-8(6-10)11-9(7-14-15-11)4-5-18-12(16)17/h1-3,6-7H,4-5H2,(H,14,15)(H,16,17). The summed E-state index contributed by atoms with van der Waals surface area (Å²) in [5.74, 6) is -0.338. The molecule has 94 valence electrons. The van der Waals surface area contributed by atoms with E-state index < -0.39 is 6.16 Å². The SMILES string of the molecule is O=C(O)OCCc1cn[nH]c1-c1cccc(F)c1. The van der Waals surface area contributed by atoms with Crippen LogP contribution in [0.4, 0.5) is 9.18 Å². The summed E-state index contributed by atoms with van der Waals surface area (Å²) in [6.07, 6.45) is 0.644. The Morgan fingerprint density at radius 1 is 1.50 bits per heavy atom. The highest BCUT2D eigenvalue weighted by Crippen LogP contribution is 2.22. The van der Waals surface area contributed by atoms with Gasteiger partial charge < -0.3 is 9.84 Å². The number of nitrogens with one attached hydrogen (secondary N) is 1. The minimum atomic E-state index is -1.31. The van der Waals surface area contributed by atoms with E-state index >= 15 is 0 Å². The fraction of sp³-hybridized carbons (Fsp3) is 0.167. The van der Waals surface area contributed by atoms with Crippen molar-refractivity contribution in [3.63, 3.8) is 0 Å². The maximum absolute atomic E-state index is 13.1. The van der Waals surface area contributed by atoms with Crippen molar-refractivity contribution in [2.45, 2.75) is 6.42 Å². The van der Waals surface area contributed by atoms with E-state index in [1.54, 1.807) is 18.3 Å². The Labute approximate surface area is 102 Å². The summed E-state index contributed by atoms with van der Waals surface area (Å²) >= 11 is 0. The first-order valence-corrected chi connectivity index (χ1v) is 5.30. The fourth-order valence-corrected chi connectivity index (χ4v) is 1.64. The van der Waals surface area contributed by atoms with Crippen LogP contribution in [0.2, 0.25) is 0 Å². The molecule has 0 spiro atoms. The fourth-order valence-electron chi connectivity index (χ4n) is 1.64. The molecule has 0 atom stereocenters. The molecule has 1 aromatic heterocycles. The van der Waals surface area contributed by atoms with Crippen molar-refractivity contribution in [3.05, 3.63) is 41.8 Å². The normalized spacial score (nSPS) is 10.3. The van der Waals surface area contributed by atoms with Crippen LogP contribution in [0.25, 0.3) is 11.3 Å². The zero-order valence-electron chi connectivity index (χ0n) is 9.39. The number of benzene rings is 1. The highest BCUT2D eigenvalue weighted by atomic mass is 19.1. The second kappa shape index (κ2) is 5.31. The molecule has 2 aromatic rings. The van der Waals surface area contributed by atoms with E-state index in [1.165, 1.54) is 12.1 Å². The van der Waals surface area contributed by atoms with Crippen molar-refractivity contribution >= 4 is 6.16 Å². The Morgan fingerprint density at radius 2 is 2.33 bits per heavy atom. The maximum Gasteiger partial charge on any atom is 0.505 e. The van der Waals surface area contributed by atoms with E-state index in [0.717, 1.165) is 5.56 Å². The number of halogens is 1. The van der Waals surface area contributed by atoms with Gasteiger partial charge in [-0.25, -0.2) is 9.18 Å². The largest absolute Gasteiger partial charge is 0.505 e. The molecule has 0 saturated carbocycles. The molecule has 6 heteroatoms. The topological polar surface area (TPSA) is 75.2 Å². The van der Waals surface area contributed by atoms with Gasteiger partial charge in [-0.15, -0.1) is 0 Å². The number of rotatable bonds is 4. The molecule has 1 aromatic carbocycles. The molecule has 0 amide bonds. The van der Waals surface area contributed by atoms with E-state index in [1.807, 2.05) is 0 Å². The van der Waals surface area contributed by atoms with Gasteiger partial charge in [-0.1, -0.05) is 12.1 Å². The molecule has 0 saturated heterocycles. The lowest BCUT2D eigenvalue weighted by Gasteiger charge is -2.03. The number of hydrogen-bond acceptors (Lipinski definition) is 3. The van der Waals surface area contributed by atoms with Gasteiger partial charge in [0.2, 0.25) is 0 Å². The van der Waals surface area contributed by atoms with Gasteiger partial charge in [0.1, 0.15) is 5.82 Å². The minimum Gasteiger partial charge on any atom is -0.450 e. The number of nitrogens with zero attached hydrogens (tertiary/aromatic N) is 1.